The summed E-state index contributed by atoms with van der Waals surface area (Å²) in [5.74, 6) is -0.475. The third-order valence-electron chi connectivity index (χ3n) is 3.60. The van der Waals surface area contributed by atoms with Gasteiger partial charge in [-0.05, 0) is 54.5 Å². The molecule has 2 aromatic heterocycles. The Morgan fingerprint density at radius 3 is 2.74 bits per heavy atom. The molecule has 0 saturated carbocycles. The van der Waals surface area contributed by atoms with Crippen molar-refractivity contribution < 1.29 is 9.72 Å². The first-order chi connectivity index (χ1) is 12.9. The van der Waals surface area contributed by atoms with Crippen LogP contribution in [0.15, 0.2) is 51.8 Å². The molecular weight excluding hydrogens is 484 g/mol. The molecule has 27 heavy (non-hydrogen) atoms. The van der Waals surface area contributed by atoms with E-state index in [-0.39, 0.29) is 29.2 Å². The zero-order valence-corrected chi connectivity index (χ0v) is 17.1. The first kappa shape index (κ1) is 19.2. The quantitative estimate of drug-likeness (QED) is 0.396. The van der Waals surface area contributed by atoms with E-state index in [2.05, 4.69) is 47.4 Å². The van der Waals surface area contributed by atoms with Crippen molar-refractivity contribution in [3.63, 3.8) is 0 Å². The first-order valence-electron chi connectivity index (χ1n) is 7.85. The van der Waals surface area contributed by atoms with Crippen LogP contribution >= 0.6 is 31.9 Å². The van der Waals surface area contributed by atoms with Crippen LogP contribution in [0.25, 0.3) is 0 Å². The molecule has 0 unspecified atom stereocenters. The summed E-state index contributed by atoms with van der Waals surface area (Å²) in [4.78, 5) is 22.4. The van der Waals surface area contributed by atoms with Gasteiger partial charge in [0.15, 0.2) is 0 Å². The molecule has 140 valence electrons. The number of benzene rings is 1. The van der Waals surface area contributed by atoms with Gasteiger partial charge in [-0.15, -0.1) is 0 Å². The highest BCUT2D eigenvalue weighted by Crippen LogP contribution is 2.22. The third-order valence-corrected chi connectivity index (χ3v) is 4.57. The highest BCUT2D eigenvalue weighted by atomic mass is 79.9. The van der Waals surface area contributed by atoms with Crippen LogP contribution in [-0.4, -0.2) is 30.4 Å². The van der Waals surface area contributed by atoms with E-state index in [0.29, 0.717) is 12.2 Å². The number of carbonyl (C=O) groups is 1. The topological polar surface area (TPSA) is 108 Å². The van der Waals surface area contributed by atoms with E-state index in [1.165, 1.54) is 10.9 Å². The number of aryl methyl sites for hydroxylation is 1. The lowest BCUT2D eigenvalue weighted by Gasteiger charge is -2.07. The predicted octanol–water partition coefficient (Wildman–Crippen LogP) is 3.59. The van der Waals surface area contributed by atoms with Gasteiger partial charge in [-0.3, -0.25) is 9.48 Å². The van der Waals surface area contributed by atoms with E-state index < -0.39 is 4.92 Å². The van der Waals surface area contributed by atoms with Crippen LogP contribution in [0.1, 0.15) is 12.0 Å². The molecule has 1 aromatic carbocycles. The van der Waals surface area contributed by atoms with E-state index in [1.807, 2.05) is 24.4 Å². The number of hydrogen-bond acceptors (Lipinski definition) is 5. The monoisotopic (exact) mass is 496 g/mol. The number of anilines is 1. The van der Waals surface area contributed by atoms with Crippen LogP contribution in [0.3, 0.4) is 0 Å². The fourth-order valence-electron chi connectivity index (χ4n) is 2.42. The predicted molar refractivity (Wildman–Crippen MR) is 105 cm³/mol. The highest BCUT2D eigenvalue weighted by molar-refractivity contribution is 9.10. The normalized spacial score (nSPS) is 10.7. The molecular formula is C16H14Br2N6O3. The van der Waals surface area contributed by atoms with Gasteiger partial charge >= 0.3 is 5.82 Å². The molecule has 3 rings (SSSR count). The minimum Gasteiger partial charge on any atom is -0.358 e. The Morgan fingerprint density at radius 2 is 2.07 bits per heavy atom. The maximum atomic E-state index is 12.2. The fourth-order valence-corrected chi connectivity index (χ4v) is 3.21. The molecule has 9 nitrogen and oxygen atoms in total. The summed E-state index contributed by atoms with van der Waals surface area (Å²) in [7, 11) is 0. The Hall–Kier alpha value is -2.53. The number of hydrogen-bond donors (Lipinski definition) is 1. The van der Waals surface area contributed by atoms with Gasteiger partial charge in [0.05, 0.1) is 35.1 Å². The number of carbonyl (C=O) groups excluding carboxylic acids is 1. The maximum absolute atomic E-state index is 12.2. The lowest BCUT2D eigenvalue weighted by Crippen LogP contribution is -2.15. The number of aromatic nitrogens is 4. The lowest BCUT2D eigenvalue weighted by molar-refractivity contribution is -0.390. The summed E-state index contributed by atoms with van der Waals surface area (Å²) >= 11 is 6.43. The Bertz CT molecular complexity index is 984. The fraction of sp³-hybridized carbons (Fsp3) is 0.188. The standard InChI is InChI=1S/C16H14Br2N6O3/c17-12-7-19-23(9-12)8-11-2-1-3-13(6-11)20-15(25)4-5-22-10-14(18)16(21-22)24(26)27/h1-3,6-7,9-10H,4-5,8H2,(H,20,25). The molecule has 0 aliphatic rings. The van der Waals surface area contributed by atoms with Crippen molar-refractivity contribution in [1.82, 2.24) is 19.6 Å². The van der Waals surface area contributed by atoms with Crippen molar-refractivity contribution in [2.45, 2.75) is 19.5 Å². The Balaban J connectivity index is 1.57. The van der Waals surface area contributed by atoms with Gasteiger partial charge in [-0.25, -0.2) is 0 Å². The molecule has 1 amide bonds. The average Bonchev–Trinajstić information content (AvgIpc) is 3.19. The van der Waals surface area contributed by atoms with Gasteiger partial charge in [0.2, 0.25) is 5.91 Å². The van der Waals surface area contributed by atoms with E-state index in [4.69, 9.17) is 0 Å². The Morgan fingerprint density at radius 1 is 1.26 bits per heavy atom. The summed E-state index contributed by atoms with van der Waals surface area (Å²) in [5, 5.41) is 21.6. The molecule has 0 aliphatic heterocycles. The summed E-state index contributed by atoms with van der Waals surface area (Å²) in [5.41, 5.74) is 1.67. The largest absolute Gasteiger partial charge is 0.404 e. The molecule has 11 heteroatoms. The van der Waals surface area contributed by atoms with Crippen molar-refractivity contribution in [2.75, 3.05) is 5.32 Å². The smallest absolute Gasteiger partial charge is 0.358 e. The number of halogens is 2. The molecule has 2 heterocycles. The van der Waals surface area contributed by atoms with Crippen LogP contribution in [0, 0.1) is 10.1 Å². The van der Waals surface area contributed by atoms with E-state index in [0.717, 1.165) is 10.0 Å². The van der Waals surface area contributed by atoms with E-state index >= 15 is 0 Å². The van der Waals surface area contributed by atoms with Crippen LogP contribution in [0.5, 0.6) is 0 Å². The van der Waals surface area contributed by atoms with Crippen molar-refractivity contribution >= 4 is 49.3 Å². The van der Waals surface area contributed by atoms with Crippen molar-refractivity contribution in [1.29, 1.82) is 0 Å². The summed E-state index contributed by atoms with van der Waals surface area (Å²) < 4.78 is 4.34. The Kier molecular flexibility index (Phi) is 6.01. The minimum absolute atomic E-state index is 0.140. The lowest BCUT2D eigenvalue weighted by atomic mass is 10.2. The van der Waals surface area contributed by atoms with Crippen LogP contribution in [0.4, 0.5) is 11.5 Å². The third kappa shape index (κ3) is 5.23. The number of nitro groups is 1. The number of amides is 1. The second-order valence-electron chi connectivity index (χ2n) is 5.68. The van der Waals surface area contributed by atoms with Crippen molar-refractivity contribution in [2.24, 2.45) is 0 Å². The molecule has 3 aromatic rings. The van der Waals surface area contributed by atoms with Gasteiger partial charge in [-0.1, -0.05) is 12.1 Å². The summed E-state index contributed by atoms with van der Waals surface area (Å²) in [6, 6.07) is 7.49. The zero-order valence-electron chi connectivity index (χ0n) is 13.9. The van der Waals surface area contributed by atoms with Crippen molar-refractivity contribution in [3.05, 3.63) is 67.5 Å². The number of nitrogens with one attached hydrogen (secondary N) is 1. The minimum atomic E-state index is -0.579. The SMILES string of the molecule is O=C(CCn1cc(Br)c([N+](=O)[O-])n1)Nc1cccc(Cn2cc(Br)cn2)c1. The number of nitrogens with zero attached hydrogens (tertiary/aromatic N) is 5. The van der Waals surface area contributed by atoms with Gasteiger partial charge in [0.25, 0.3) is 0 Å². The van der Waals surface area contributed by atoms with Gasteiger partial charge in [0.1, 0.15) is 4.47 Å². The number of rotatable bonds is 7. The summed E-state index contributed by atoms with van der Waals surface area (Å²) in [6.45, 7) is 0.819. The van der Waals surface area contributed by atoms with Gasteiger partial charge < -0.3 is 15.4 Å². The maximum Gasteiger partial charge on any atom is 0.404 e. The van der Waals surface area contributed by atoms with Crippen LogP contribution < -0.4 is 5.32 Å². The molecule has 0 saturated heterocycles. The molecule has 0 fully saturated rings. The molecule has 0 aliphatic carbocycles. The second-order valence-corrected chi connectivity index (χ2v) is 7.45. The molecule has 0 spiro atoms. The van der Waals surface area contributed by atoms with E-state index in [1.54, 1.807) is 16.9 Å². The van der Waals surface area contributed by atoms with Gasteiger partial charge in [0, 0.05) is 18.3 Å². The molecule has 0 atom stereocenters. The van der Waals surface area contributed by atoms with Crippen LogP contribution in [0.2, 0.25) is 0 Å². The second kappa shape index (κ2) is 8.44. The van der Waals surface area contributed by atoms with Crippen molar-refractivity contribution in [3.8, 4) is 0 Å². The van der Waals surface area contributed by atoms with Gasteiger partial charge in [-0.2, -0.15) is 9.78 Å². The average molecular weight is 498 g/mol. The molecule has 1 N–H and O–H groups in total. The molecule has 0 bridgehead atoms. The summed E-state index contributed by atoms with van der Waals surface area (Å²) in [6.07, 6.45) is 5.20. The first-order valence-corrected chi connectivity index (χ1v) is 9.43. The van der Waals surface area contributed by atoms with E-state index in [9.17, 15) is 14.9 Å². The Labute approximate surface area is 170 Å². The van der Waals surface area contributed by atoms with Crippen LogP contribution in [-0.2, 0) is 17.9 Å². The zero-order chi connectivity index (χ0) is 19.4. The highest BCUT2D eigenvalue weighted by Gasteiger charge is 2.18. The molecule has 0 radical (unpaired) electrons.